The minimum atomic E-state index is -0.864. The molecule has 0 spiro atoms. The van der Waals surface area contributed by atoms with Crippen molar-refractivity contribution in [2.24, 2.45) is 0 Å². The van der Waals surface area contributed by atoms with Gasteiger partial charge in [0.2, 0.25) is 0 Å². The third-order valence-electron chi connectivity index (χ3n) is 2.97. The highest BCUT2D eigenvalue weighted by atomic mass is 16.4. The Balaban J connectivity index is 2.14. The molecule has 3 nitrogen and oxygen atoms in total. The number of aliphatic carboxylic acids is 1. The average molecular weight is 213 g/mol. The molecule has 0 aromatic rings. The zero-order valence-electron chi connectivity index (χ0n) is 8.68. The summed E-state index contributed by atoms with van der Waals surface area (Å²) in [6.45, 7) is 0.751. The second-order valence-corrected chi connectivity index (χ2v) is 4.02. The van der Waals surface area contributed by atoms with E-state index in [1.807, 2.05) is 11.0 Å². The summed E-state index contributed by atoms with van der Waals surface area (Å²) in [5.74, 6) is -0.864. The van der Waals surface area contributed by atoms with Gasteiger partial charge in [0.15, 0.2) is 0 Å². The van der Waals surface area contributed by atoms with Gasteiger partial charge in [-0.1, -0.05) is 24.3 Å². The zero-order chi connectivity index (χ0) is 11.1. The lowest BCUT2D eigenvalue weighted by atomic mass is 9.91. The standard InChI is InChI=1S/C13H11NO2/c15-13(16)11-7-10-4-1-3-9-5-2-6-14(8-11)12(9)10/h1-3,5,7-8H,4,6H2,(H,15,16). The molecule has 0 saturated carbocycles. The molecule has 0 saturated heterocycles. The predicted molar refractivity (Wildman–Crippen MR) is 60.4 cm³/mol. The summed E-state index contributed by atoms with van der Waals surface area (Å²) in [6, 6.07) is 0. The molecule has 3 heteroatoms. The number of hydrogen-bond acceptors (Lipinski definition) is 2. The Bertz CT molecular complexity index is 514. The van der Waals surface area contributed by atoms with Gasteiger partial charge < -0.3 is 10.0 Å². The summed E-state index contributed by atoms with van der Waals surface area (Å²) in [7, 11) is 0. The molecule has 80 valence electrons. The molecule has 0 aromatic carbocycles. The van der Waals surface area contributed by atoms with Gasteiger partial charge in [-0.15, -0.1) is 0 Å². The van der Waals surface area contributed by atoms with Crippen LogP contribution in [0.5, 0.6) is 0 Å². The Hall–Kier alpha value is -2.03. The number of carbonyl (C=O) groups is 1. The summed E-state index contributed by atoms with van der Waals surface area (Å²) in [5, 5.41) is 9.03. The van der Waals surface area contributed by atoms with Gasteiger partial charge in [-0.05, 0) is 23.6 Å². The number of carboxylic acids is 1. The van der Waals surface area contributed by atoms with E-state index in [2.05, 4.69) is 18.2 Å². The van der Waals surface area contributed by atoms with Gasteiger partial charge >= 0.3 is 5.97 Å². The number of carboxylic acid groups (broad SMARTS) is 1. The van der Waals surface area contributed by atoms with Gasteiger partial charge in [-0.25, -0.2) is 4.79 Å². The maximum atomic E-state index is 11.0. The van der Waals surface area contributed by atoms with Crippen LogP contribution in [-0.4, -0.2) is 22.5 Å². The van der Waals surface area contributed by atoms with Gasteiger partial charge in [-0.3, -0.25) is 0 Å². The Morgan fingerprint density at radius 3 is 2.94 bits per heavy atom. The largest absolute Gasteiger partial charge is 0.478 e. The van der Waals surface area contributed by atoms with Crippen LogP contribution in [0.2, 0.25) is 0 Å². The molecular weight excluding hydrogens is 202 g/mol. The first-order valence-electron chi connectivity index (χ1n) is 5.26. The first-order chi connectivity index (χ1) is 7.75. The van der Waals surface area contributed by atoms with Crippen LogP contribution >= 0.6 is 0 Å². The highest BCUT2D eigenvalue weighted by Gasteiger charge is 2.25. The van der Waals surface area contributed by atoms with Crippen molar-refractivity contribution in [2.45, 2.75) is 6.42 Å². The molecule has 2 heterocycles. The topological polar surface area (TPSA) is 40.5 Å². The van der Waals surface area contributed by atoms with E-state index in [1.54, 1.807) is 12.3 Å². The van der Waals surface area contributed by atoms with Gasteiger partial charge in [0.25, 0.3) is 0 Å². The summed E-state index contributed by atoms with van der Waals surface area (Å²) in [4.78, 5) is 13.0. The third kappa shape index (κ3) is 1.25. The van der Waals surface area contributed by atoms with Crippen LogP contribution in [-0.2, 0) is 4.79 Å². The van der Waals surface area contributed by atoms with Crippen LogP contribution in [0.15, 0.2) is 59.0 Å². The Labute approximate surface area is 93.4 Å². The Kier molecular flexibility index (Phi) is 1.86. The molecule has 0 fully saturated rings. The molecule has 1 N–H and O–H groups in total. The lowest BCUT2D eigenvalue weighted by molar-refractivity contribution is -0.132. The van der Waals surface area contributed by atoms with E-state index in [4.69, 9.17) is 5.11 Å². The normalized spacial score (nSPS) is 21.6. The highest BCUT2D eigenvalue weighted by molar-refractivity contribution is 5.91. The minimum absolute atomic E-state index is 0.365. The predicted octanol–water partition coefficient (Wildman–Crippen LogP) is 1.98. The molecule has 0 amide bonds. The van der Waals surface area contributed by atoms with E-state index < -0.39 is 5.97 Å². The molecule has 0 aromatic heterocycles. The van der Waals surface area contributed by atoms with E-state index >= 15 is 0 Å². The SMILES string of the molecule is O=C(O)C1=CN2CC=CC3=C2C(=C1)CC=C3. The van der Waals surface area contributed by atoms with Crippen molar-refractivity contribution in [2.75, 3.05) is 6.54 Å². The van der Waals surface area contributed by atoms with Gasteiger partial charge in [0, 0.05) is 12.7 Å². The van der Waals surface area contributed by atoms with E-state index in [-0.39, 0.29) is 0 Å². The average Bonchev–Trinajstić information content (AvgIpc) is 2.29. The summed E-state index contributed by atoms with van der Waals surface area (Å²) < 4.78 is 0. The van der Waals surface area contributed by atoms with Crippen LogP contribution in [0.25, 0.3) is 0 Å². The third-order valence-corrected chi connectivity index (χ3v) is 2.97. The van der Waals surface area contributed by atoms with Gasteiger partial charge in [0.05, 0.1) is 11.3 Å². The highest BCUT2D eigenvalue weighted by Crippen LogP contribution is 2.35. The Morgan fingerprint density at radius 1 is 1.31 bits per heavy atom. The summed E-state index contributed by atoms with van der Waals surface area (Å²) >= 11 is 0. The molecule has 0 unspecified atom stereocenters. The van der Waals surface area contributed by atoms with Gasteiger partial charge in [0.1, 0.15) is 0 Å². The summed E-state index contributed by atoms with van der Waals surface area (Å²) in [6.07, 6.45) is 12.6. The van der Waals surface area contributed by atoms with Crippen molar-refractivity contribution in [3.8, 4) is 0 Å². The van der Waals surface area contributed by atoms with Crippen molar-refractivity contribution < 1.29 is 9.90 Å². The fourth-order valence-electron chi connectivity index (χ4n) is 2.30. The zero-order valence-corrected chi connectivity index (χ0v) is 8.68. The molecule has 3 rings (SSSR count). The van der Waals surface area contributed by atoms with Crippen LogP contribution < -0.4 is 0 Å². The molecule has 2 aliphatic heterocycles. The van der Waals surface area contributed by atoms with Crippen LogP contribution in [0.4, 0.5) is 0 Å². The second-order valence-electron chi connectivity index (χ2n) is 4.02. The van der Waals surface area contributed by atoms with Gasteiger partial charge in [-0.2, -0.15) is 0 Å². The van der Waals surface area contributed by atoms with E-state index in [1.165, 1.54) is 5.57 Å². The lowest BCUT2D eigenvalue weighted by Gasteiger charge is -2.33. The molecule has 0 atom stereocenters. The monoisotopic (exact) mass is 213 g/mol. The van der Waals surface area contributed by atoms with Crippen molar-refractivity contribution >= 4 is 5.97 Å². The first kappa shape index (κ1) is 9.21. The lowest BCUT2D eigenvalue weighted by Crippen LogP contribution is -2.27. The van der Waals surface area contributed by atoms with E-state index in [0.717, 1.165) is 24.2 Å². The molecule has 0 radical (unpaired) electrons. The van der Waals surface area contributed by atoms with E-state index in [9.17, 15) is 4.79 Å². The molecule has 3 aliphatic rings. The molecule has 16 heavy (non-hydrogen) atoms. The second kappa shape index (κ2) is 3.23. The minimum Gasteiger partial charge on any atom is -0.478 e. The number of nitrogens with zero attached hydrogens (tertiary/aromatic N) is 1. The van der Waals surface area contributed by atoms with Crippen molar-refractivity contribution in [3.05, 3.63) is 59.0 Å². The number of allylic oxidation sites excluding steroid dienone is 5. The Morgan fingerprint density at radius 2 is 2.12 bits per heavy atom. The van der Waals surface area contributed by atoms with Crippen LogP contribution in [0.1, 0.15) is 6.42 Å². The fourth-order valence-corrected chi connectivity index (χ4v) is 2.30. The number of hydrogen-bond donors (Lipinski definition) is 1. The fraction of sp³-hybridized carbons (Fsp3) is 0.154. The quantitative estimate of drug-likeness (QED) is 0.724. The van der Waals surface area contributed by atoms with E-state index in [0.29, 0.717) is 5.57 Å². The smallest absolute Gasteiger partial charge is 0.337 e. The maximum Gasteiger partial charge on any atom is 0.337 e. The molecule has 1 aliphatic carbocycles. The molecular formula is C13H11NO2. The van der Waals surface area contributed by atoms with Crippen molar-refractivity contribution in [1.29, 1.82) is 0 Å². The maximum absolute atomic E-state index is 11.0. The number of rotatable bonds is 1. The van der Waals surface area contributed by atoms with Crippen molar-refractivity contribution in [3.63, 3.8) is 0 Å². The first-order valence-corrected chi connectivity index (χ1v) is 5.26. The van der Waals surface area contributed by atoms with Crippen LogP contribution in [0, 0.1) is 0 Å². The summed E-state index contributed by atoms with van der Waals surface area (Å²) in [5.41, 5.74) is 3.80. The molecule has 0 bridgehead atoms. The van der Waals surface area contributed by atoms with Crippen molar-refractivity contribution in [1.82, 2.24) is 4.90 Å². The van der Waals surface area contributed by atoms with Crippen LogP contribution in [0.3, 0.4) is 0 Å².